The van der Waals surface area contributed by atoms with Crippen LogP contribution in [0.1, 0.15) is 27.2 Å². The largest absolute Gasteiger partial charge is 0.358 e. The summed E-state index contributed by atoms with van der Waals surface area (Å²) in [6.45, 7) is 2.50. The number of rotatable bonds is 4. The molecule has 2 amide bonds. The zero-order chi connectivity index (χ0) is 20.4. The normalized spacial score (nSPS) is 22.0. The van der Waals surface area contributed by atoms with Crippen molar-refractivity contribution in [2.24, 2.45) is 5.92 Å². The summed E-state index contributed by atoms with van der Waals surface area (Å²) in [6.07, 6.45) is 1.93. The van der Waals surface area contributed by atoms with Crippen LogP contribution in [0.3, 0.4) is 0 Å². The Bertz CT molecular complexity index is 916. The lowest BCUT2D eigenvalue weighted by Gasteiger charge is -2.19. The monoisotopic (exact) mass is 433 g/mol. The van der Waals surface area contributed by atoms with E-state index in [1.165, 1.54) is 22.5 Å². The average molecular weight is 434 g/mol. The lowest BCUT2D eigenvalue weighted by atomic mass is 10.0. The molecule has 2 aliphatic heterocycles. The van der Waals surface area contributed by atoms with Crippen LogP contribution in [-0.4, -0.2) is 49.7 Å². The lowest BCUT2D eigenvalue weighted by molar-refractivity contribution is -0.121. The van der Waals surface area contributed by atoms with Gasteiger partial charge < -0.3 is 20.3 Å². The molecular formula is C21H24ClN3O3S. The fraction of sp³-hybridized carbons (Fsp3) is 0.429. The highest BCUT2D eigenvalue weighted by Gasteiger charge is 2.35. The van der Waals surface area contributed by atoms with E-state index in [0.717, 1.165) is 31.6 Å². The van der Waals surface area contributed by atoms with Crippen LogP contribution in [0.5, 0.6) is 0 Å². The van der Waals surface area contributed by atoms with Crippen molar-refractivity contribution in [3.63, 3.8) is 0 Å². The molecule has 4 rings (SSSR count). The first-order valence-electron chi connectivity index (χ1n) is 9.78. The molecule has 1 aromatic heterocycles. The minimum absolute atomic E-state index is 0.136. The molecule has 0 radical (unpaired) electrons. The van der Waals surface area contributed by atoms with E-state index in [9.17, 15) is 9.59 Å². The number of likely N-dealkylation sites (N-methyl/N-ethyl adjacent to an activating group) is 1. The Morgan fingerprint density at radius 2 is 1.97 bits per heavy atom. The molecule has 0 saturated carbocycles. The number of ether oxygens (including phenoxy) is 1. The number of anilines is 1. The Morgan fingerprint density at radius 3 is 2.72 bits per heavy atom. The van der Waals surface area contributed by atoms with Crippen LogP contribution >= 0.6 is 22.9 Å². The Kier molecular flexibility index (Phi) is 6.20. The molecule has 1 aromatic carbocycles. The van der Waals surface area contributed by atoms with E-state index in [0.29, 0.717) is 22.2 Å². The summed E-state index contributed by atoms with van der Waals surface area (Å²) in [6, 6.07) is 9.48. The van der Waals surface area contributed by atoms with E-state index in [4.69, 9.17) is 16.3 Å². The number of halogens is 1. The first kappa shape index (κ1) is 20.3. The number of amides is 2. The molecule has 0 spiro atoms. The van der Waals surface area contributed by atoms with Crippen LogP contribution in [0, 0.1) is 5.92 Å². The maximum atomic E-state index is 12.9. The SMILES string of the molecule is CN1CCc2ccc(NC(=O)C3CCOC3NC(=O)c3ccc(Cl)s3)cc2CC1. The molecule has 2 N–H and O–H groups in total. The van der Waals surface area contributed by atoms with Crippen molar-refractivity contribution in [2.75, 3.05) is 32.1 Å². The van der Waals surface area contributed by atoms with E-state index in [1.807, 2.05) is 6.07 Å². The van der Waals surface area contributed by atoms with Crippen LogP contribution in [0.4, 0.5) is 5.69 Å². The van der Waals surface area contributed by atoms with Gasteiger partial charge in [-0.15, -0.1) is 11.3 Å². The first-order chi connectivity index (χ1) is 14.0. The molecule has 0 bridgehead atoms. The summed E-state index contributed by atoms with van der Waals surface area (Å²) in [4.78, 5) is 28.1. The molecule has 3 heterocycles. The maximum Gasteiger partial charge on any atom is 0.263 e. The van der Waals surface area contributed by atoms with Gasteiger partial charge in [0.15, 0.2) is 0 Å². The Labute approximate surface area is 179 Å². The fourth-order valence-corrected chi connectivity index (χ4v) is 4.73. The Hall–Kier alpha value is -1.93. The van der Waals surface area contributed by atoms with Gasteiger partial charge in [-0.3, -0.25) is 9.59 Å². The predicted octanol–water partition coefficient (Wildman–Crippen LogP) is 3.16. The van der Waals surface area contributed by atoms with Gasteiger partial charge in [0, 0.05) is 18.8 Å². The molecule has 2 aromatic rings. The second-order valence-corrected chi connectivity index (χ2v) is 9.25. The highest BCUT2D eigenvalue weighted by Crippen LogP contribution is 2.26. The molecule has 8 heteroatoms. The van der Waals surface area contributed by atoms with Gasteiger partial charge in [-0.2, -0.15) is 0 Å². The molecular weight excluding hydrogens is 410 g/mol. The van der Waals surface area contributed by atoms with Gasteiger partial charge in [-0.25, -0.2) is 0 Å². The number of benzene rings is 1. The Morgan fingerprint density at radius 1 is 1.17 bits per heavy atom. The van der Waals surface area contributed by atoms with E-state index in [1.54, 1.807) is 12.1 Å². The summed E-state index contributed by atoms with van der Waals surface area (Å²) >= 11 is 7.10. The Balaban J connectivity index is 1.40. The van der Waals surface area contributed by atoms with Crippen LogP contribution in [0.15, 0.2) is 30.3 Å². The number of nitrogens with zero attached hydrogens (tertiary/aromatic N) is 1. The van der Waals surface area contributed by atoms with Gasteiger partial charge in [-0.1, -0.05) is 17.7 Å². The fourth-order valence-electron chi connectivity index (χ4n) is 3.79. The molecule has 2 unspecified atom stereocenters. The standard InChI is InChI=1S/C21H24ClN3O3S/c1-25-9-6-13-2-3-15(12-14(13)7-10-25)23-19(26)16-8-11-28-21(16)24-20(27)17-4-5-18(22)29-17/h2-5,12,16,21H,6-11H2,1H3,(H,23,26)(H,24,27). The summed E-state index contributed by atoms with van der Waals surface area (Å²) in [5.74, 6) is -0.845. The number of hydrogen-bond donors (Lipinski definition) is 2. The van der Waals surface area contributed by atoms with Crippen molar-refractivity contribution < 1.29 is 14.3 Å². The summed E-state index contributed by atoms with van der Waals surface area (Å²) in [5, 5.41) is 5.82. The first-order valence-corrected chi connectivity index (χ1v) is 11.0. The molecule has 1 fully saturated rings. The minimum Gasteiger partial charge on any atom is -0.358 e. The minimum atomic E-state index is -0.641. The van der Waals surface area contributed by atoms with Crippen LogP contribution in [-0.2, 0) is 22.4 Å². The molecule has 1 saturated heterocycles. The van der Waals surface area contributed by atoms with Crippen LogP contribution in [0.2, 0.25) is 4.34 Å². The third-order valence-corrected chi connectivity index (χ3v) is 6.73. The number of thiophene rings is 1. The molecule has 0 aliphatic carbocycles. The molecule has 2 aliphatic rings. The zero-order valence-corrected chi connectivity index (χ0v) is 17.8. The van der Waals surface area contributed by atoms with E-state index in [-0.39, 0.29) is 11.8 Å². The molecule has 29 heavy (non-hydrogen) atoms. The van der Waals surface area contributed by atoms with Gasteiger partial charge in [0.25, 0.3) is 5.91 Å². The summed E-state index contributed by atoms with van der Waals surface area (Å²) < 4.78 is 6.16. The van der Waals surface area contributed by atoms with Crippen LogP contribution < -0.4 is 10.6 Å². The van der Waals surface area contributed by atoms with Crippen molar-refractivity contribution in [1.82, 2.24) is 10.2 Å². The predicted molar refractivity (Wildman–Crippen MR) is 115 cm³/mol. The van der Waals surface area contributed by atoms with Gasteiger partial charge in [-0.05, 0) is 61.7 Å². The van der Waals surface area contributed by atoms with Crippen LogP contribution in [0.25, 0.3) is 0 Å². The van der Waals surface area contributed by atoms with Crippen molar-refractivity contribution in [1.29, 1.82) is 0 Å². The highest BCUT2D eigenvalue weighted by atomic mass is 35.5. The number of carbonyl (C=O) groups excluding carboxylic acids is 2. The number of carbonyl (C=O) groups is 2. The average Bonchev–Trinajstić information content (AvgIpc) is 3.30. The molecule has 154 valence electrons. The second-order valence-electron chi connectivity index (χ2n) is 7.54. The number of fused-ring (bicyclic) bond motifs is 1. The molecule has 6 nitrogen and oxygen atoms in total. The summed E-state index contributed by atoms with van der Waals surface area (Å²) in [5.41, 5.74) is 3.42. The van der Waals surface area contributed by atoms with Crippen molar-refractivity contribution in [2.45, 2.75) is 25.5 Å². The van der Waals surface area contributed by atoms with Gasteiger partial charge in [0.2, 0.25) is 5.91 Å². The number of nitrogens with one attached hydrogen (secondary N) is 2. The topological polar surface area (TPSA) is 70.7 Å². The van der Waals surface area contributed by atoms with E-state index < -0.39 is 12.1 Å². The summed E-state index contributed by atoms with van der Waals surface area (Å²) in [7, 11) is 2.13. The smallest absolute Gasteiger partial charge is 0.263 e. The third kappa shape index (κ3) is 4.80. The van der Waals surface area contributed by atoms with Crippen molar-refractivity contribution in [3.8, 4) is 0 Å². The van der Waals surface area contributed by atoms with E-state index in [2.05, 4.69) is 34.7 Å². The van der Waals surface area contributed by atoms with Crippen molar-refractivity contribution in [3.05, 3.63) is 50.7 Å². The van der Waals surface area contributed by atoms with Crippen molar-refractivity contribution >= 4 is 40.4 Å². The lowest BCUT2D eigenvalue weighted by Crippen LogP contribution is -2.42. The molecule has 2 atom stereocenters. The maximum absolute atomic E-state index is 12.9. The van der Waals surface area contributed by atoms with Gasteiger partial charge in [0.1, 0.15) is 6.23 Å². The second kappa shape index (κ2) is 8.83. The zero-order valence-electron chi connectivity index (χ0n) is 16.2. The highest BCUT2D eigenvalue weighted by molar-refractivity contribution is 7.18. The van der Waals surface area contributed by atoms with E-state index >= 15 is 0 Å². The quantitative estimate of drug-likeness (QED) is 0.777. The van der Waals surface area contributed by atoms with Gasteiger partial charge >= 0.3 is 0 Å². The van der Waals surface area contributed by atoms with Gasteiger partial charge in [0.05, 0.1) is 21.7 Å². The third-order valence-electron chi connectivity index (χ3n) is 5.50. The number of hydrogen-bond acceptors (Lipinski definition) is 5.